The standard InChI is InChI=1S/C25H29IN6O8S2.C22H34O9S2.C18H27N3O7S3.C13H19N3O6S3/c1-14(33)37-6-8-41-42-9-7-38-25(36)40-20-18(34)19(23(35)27-2)39-24(20)32-13-31-17-21(29-12-30-22(17)32)28-11-15-4-3-5-16(26)10-15;1-13-5-6-17-14(2)18(28-20(24)26-10-12-33-32-11-9-25-15(3)23)27-19-22(17)16(13)7-8-21(4,29-19)30-31-22;19-13-5-6-21(18(25)20-13)14-12-29-17(28-14)11-27-16(24)4-2-1-3-15(23)26-8-10-31-30-9-7-22;14-9-1-2-16(12(18)15-9)10-8-23-11(22-10)7-21-13(19)20-4-6-25-24-5-3-17/h3-5,10,12-13,18-20,24,34H,6-9,11H2,1-2H3,(H,27,35)(H,28,29,30);13-14,16-19H,5-12H2,1-4H3;5-6,14,17,22H,1-4,7-12H2,(H2,19,20,25);1-2,10-11,17H,3-8H2,(H2,14,15,18)/t18-,19+,20-,24-;13-,14-,16+,17+,18?,19-,21-,22-;;/m11../s1. The number of carbonyl (C=O) groups is 8. The minimum Gasteiger partial charge on any atom is -0.465 e. The predicted octanol–water partition coefficient (Wildman–Crippen LogP) is 9.18. The Balaban J connectivity index is 0.000000200. The van der Waals surface area contributed by atoms with E-state index in [1.807, 2.05) is 38.1 Å². The van der Waals surface area contributed by atoms with E-state index in [-0.39, 0.29) is 123 Å². The molecule has 2 bridgehead atoms. The van der Waals surface area contributed by atoms with Crippen LogP contribution in [0.15, 0.2) is 71.0 Å². The number of fused-ring (bicyclic) bond motifs is 3. The summed E-state index contributed by atoms with van der Waals surface area (Å²) < 4.78 is 86.5. The highest BCUT2D eigenvalue weighted by molar-refractivity contribution is 14.1. The molecule has 11 heterocycles. The molecule has 5 aromatic rings. The summed E-state index contributed by atoms with van der Waals surface area (Å²) in [5.41, 5.74) is 10.4. The first kappa shape index (κ1) is 109. The molecule has 1 aliphatic carbocycles. The van der Waals surface area contributed by atoms with Crippen LogP contribution >= 0.6 is 132 Å². The SMILES string of the molecule is CC(=O)OCCSSCCOC(=O)OC1O[C@@H]2O[C@@]3(C)CC[C@H]4[C@H](C)CC[C@@H]([C@H]1C)[C@@]24OO3.CNC(=O)[C@H]1O[C@@H](n2cnc3c(NCc4cccc(I)c4)ncnc32)[C@H](OC(=O)OCCSSCCOC(C)=O)[C@@H]1O.Nc1ccn(C2CSC(COC(=O)CCCCC(=O)OCCSSCCO)O2)c(=O)n1.Nc1ccn(C2CSC(COC(=O)OCCSSCCO)O2)c(=O)n1. The maximum Gasteiger partial charge on any atom is 0.510 e. The zero-order valence-corrected chi connectivity index (χ0v) is 82.7. The van der Waals surface area contributed by atoms with E-state index < -0.39 is 96.7 Å². The fourth-order valence-corrected chi connectivity index (χ4v) is 23.0. The number of nitrogens with two attached hydrogens (primary N) is 2. The van der Waals surface area contributed by atoms with Gasteiger partial charge in [0.25, 0.3) is 5.91 Å². The van der Waals surface area contributed by atoms with E-state index in [1.165, 1.54) is 149 Å². The van der Waals surface area contributed by atoms with Gasteiger partial charge in [0.1, 0.15) is 100 Å². The van der Waals surface area contributed by atoms with Crippen molar-refractivity contribution in [1.29, 1.82) is 0 Å². The average molecular weight is 2140 g/mol. The number of halogens is 1. The quantitative estimate of drug-likeness (QED) is 0.00477. The van der Waals surface area contributed by atoms with Crippen LogP contribution in [0.25, 0.3) is 11.2 Å². The molecular formula is C78H109IN12O30S10. The number of esters is 4. The summed E-state index contributed by atoms with van der Waals surface area (Å²) in [4.78, 5) is 150. The number of rotatable bonds is 44. The first-order valence-corrected chi connectivity index (χ1v) is 54.6. The van der Waals surface area contributed by atoms with E-state index in [0.717, 1.165) is 34.8 Å². The summed E-state index contributed by atoms with van der Waals surface area (Å²) in [7, 11) is 13.5. The first-order chi connectivity index (χ1) is 63.1. The number of anilines is 3. The number of nitrogens with zero attached hydrogens (tertiary/aromatic N) is 8. The Bertz CT molecular complexity index is 4590. The molecule has 16 atom stereocenters. The molecule has 53 heteroatoms. The van der Waals surface area contributed by atoms with Gasteiger partial charge in [-0.3, -0.25) is 37.7 Å². The van der Waals surface area contributed by atoms with Gasteiger partial charge in [-0.25, -0.2) is 48.7 Å². The number of aliphatic hydroxyl groups excluding tert-OH is 3. The van der Waals surface area contributed by atoms with Crippen LogP contribution in [0, 0.1) is 27.2 Å². The summed E-state index contributed by atoms with van der Waals surface area (Å²) in [6.45, 7) is 11.2. The molecule has 131 heavy (non-hydrogen) atoms. The van der Waals surface area contributed by atoms with Crippen molar-refractivity contribution in [2.24, 2.45) is 23.7 Å². The van der Waals surface area contributed by atoms with Crippen molar-refractivity contribution < 1.29 is 135 Å². The zero-order chi connectivity index (χ0) is 94.2. The highest BCUT2D eigenvalue weighted by atomic mass is 127. The molecule has 13 rings (SSSR count). The van der Waals surface area contributed by atoms with E-state index in [2.05, 4.69) is 65.1 Å². The maximum absolute atomic E-state index is 12.5. The molecule has 0 radical (unpaired) electrons. The van der Waals surface area contributed by atoms with Gasteiger partial charge >= 0.3 is 53.7 Å². The van der Waals surface area contributed by atoms with Crippen LogP contribution < -0.4 is 33.5 Å². The van der Waals surface area contributed by atoms with Crippen LogP contribution in [-0.2, 0) is 111 Å². The number of carbonyl (C=O) groups excluding carboxylic acids is 8. The zero-order valence-electron chi connectivity index (χ0n) is 72.4. The minimum absolute atomic E-state index is 0.0313. The summed E-state index contributed by atoms with van der Waals surface area (Å²) in [6.07, 6.45) is 0.886. The number of hydrogen-bond donors (Lipinski definition) is 7. The number of amides is 1. The molecular weight excluding hydrogens is 2030 g/mol. The number of aromatic nitrogens is 8. The number of imidazole rings is 1. The van der Waals surface area contributed by atoms with Crippen LogP contribution in [0.4, 0.5) is 31.8 Å². The van der Waals surface area contributed by atoms with Gasteiger partial charge in [-0.2, -0.15) is 9.97 Å². The average Bonchev–Trinajstić information content (AvgIpc) is 1.65. The summed E-state index contributed by atoms with van der Waals surface area (Å²) in [5.74, 6) is 4.75. The van der Waals surface area contributed by atoms with Gasteiger partial charge in [-0.05, 0) is 103 Å². The molecule has 9 N–H and O–H groups in total. The van der Waals surface area contributed by atoms with Crippen molar-refractivity contribution in [2.45, 2.75) is 164 Å². The predicted molar refractivity (Wildman–Crippen MR) is 505 cm³/mol. The second-order valence-electron chi connectivity index (χ2n) is 29.3. The first-order valence-electron chi connectivity index (χ1n) is 41.5. The third-order valence-corrected chi connectivity index (χ3v) is 32.2. The van der Waals surface area contributed by atoms with Gasteiger partial charge < -0.3 is 108 Å². The molecule has 728 valence electrons. The van der Waals surface area contributed by atoms with Crippen LogP contribution in [0.5, 0.6) is 0 Å². The van der Waals surface area contributed by atoms with E-state index in [1.54, 1.807) is 32.4 Å². The Morgan fingerprint density at radius 3 is 1.70 bits per heavy atom. The number of hydrogen-bond acceptors (Lipinski definition) is 48. The number of thioether (sulfide) groups is 2. The van der Waals surface area contributed by atoms with Crippen LogP contribution in [0.1, 0.15) is 110 Å². The summed E-state index contributed by atoms with van der Waals surface area (Å²) in [6, 6.07) is 11.0. The maximum atomic E-state index is 12.5. The molecule has 8 aliphatic rings. The summed E-state index contributed by atoms with van der Waals surface area (Å²) >= 11 is 5.13. The highest BCUT2D eigenvalue weighted by Crippen LogP contribution is 2.61. The number of unbranched alkanes of at least 4 members (excludes halogenated alkanes) is 1. The molecule has 7 aliphatic heterocycles. The number of aliphatic hydroxyl groups is 3. The topological polar surface area (TPSA) is 544 Å². The fraction of sp³-hybridized carbons (Fsp3) is 0.654. The van der Waals surface area contributed by atoms with Crippen molar-refractivity contribution in [1.82, 2.24) is 43.9 Å². The third kappa shape index (κ3) is 34.8. The number of ether oxygens (including phenoxy) is 15. The second-order valence-corrected chi connectivity index (χ2v) is 43.7. The van der Waals surface area contributed by atoms with Crippen molar-refractivity contribution >= 4 is 209 Å². The largest absolute Gasteiger partial charge is 0.510 e. The normalized spacial score (nSPS) is 24.9. The third-order valence-electron chi connectivity index (χ3n) is 20.0. The van der Waals surface area contributed by atoms with E-state index >= 15 is 0 Å². The molecule has 8 fully saturated rings. The Morgan fingerprint density at radius 2 is 1.15 bits per heavy atom. The Hall–Kier alpha value is -6.08. The van der Waals surface area contributed by atoms with Gasteiger partial charge in [0.2, 0.25) is 12.1 Å². The lowest BCUT2D eigenvalue weighted by Crippen LogP contribution is -2.70. The van der Waals surface area contributed by atoms with Gasteiger partial charge in [-0.15, -0.1) is 23.5 Å². The van der Waals surface area contributed by atoms with E-state index in [9.17, 15) is 53.1 Å². The lowest BCUT2D eigenvalue weighted by Gasteiger charge is -2.59. The van der Waals surface area contributed by atoms with E-state index in [4.69, 9.17) is 103 Å². The lowest BCUT2D eigenvalue weighted by molar-refractivity contribution is -0.576. The van der Waals surface area contributed by atoms with Crippen molar-refractivity contribution in [2.75, 3.05) is 147 Å². The smallest absolute Gasteiger partial charge is 0.465 e. The Kier molecular flexibility index (Phi) is 47.4. The van der Waals surface area contributed by atoms with Gasteiger partial charge in [0.15, 0.2) is 47.3 Å². The summed E-state index contributed by atoms with van der Waals surface area (Å²) in [5, 5.41) is 33.9. The monoisotopic (exact) mass is 2140 g/mol. The molecule has 1 amide bonds. The minimum atomic E-state index is -1.49. The molecule has 1 aromatic carbocycles. The Labute approximate surface area is 808 Å². The van der Waals surface area contributed by atoms with Crippen LogP contribution in [0.2, 0.25) is 0 Å². The van der Waals surface area contributed by atoms with Gasteiger partial charge in [0.05, 0.1) is 19.5 Å². The molecule has 1 spiro atoms. The second kappa shape index (κ2) is 57.2. The van der Waals surface area contributed by atoms with Crippen molar-refractivity contribution in [3.63, 3.8) is 0 Å². The molecule has 5 unspecified atom stereocenters. The number of likely N-dealkylation sites (N-methyl/N-ethyl adjacent to an activating group) is 1. The van der Waals surface area contributed by atoms with Gasteiger partial charge in [-0.1, -0.05) is 112 Å². The van der Waals surface area contributed by atoms with Gasteiger partial charge in [0, 0.05) is 132 Å². The van der Waals surface area contributed by atoms with Crippen LogP contribution in [0.3, 0.4) is 0 Å². The van der Waals surface area contributed by atoms with Crippen molar-refractivity contribution in [3.05, 3.63) is 91.5 Å². The van der Waals surface area contributed by atoms with E-state index in [0.29, 0.717) is 120 Å². The molecule has 42 nitrogen and oxygen atoms in total. The Morgan fingerprint density at radius 1 is 0.618 bits per heavy atom. The molecule has 7 saturated heterocycles. The number of benzene rings is 1. The lowest BCUT2D eigenvalue weighted by atomic mass is 9.58. The van der Waals surface area contributed by atoms with Crippen molar-refractivity contribution in [3.8, 4) is 0 Å². The molecule has 1 saturated carbocycles. The van der Waals surface area contributed by atoms with Crippen LogP contribution in [-0.4, -0.2) is 286 Å². The fourth-order valence-electron chi connectivity index (χ4n) is 14.0. The number of nitrogens with one attached hydrogen (secondary N) is 2. The highest BCUT2D eigenvalue weighted by Gasteiger charge is 2.70. The number of nitrogen functional groups attached to an aromatic ring is 2. The molecule has 4 aromatic heterocycles.